The molecular weight excluding hydrogens is 193 g/mol. The number of nitrogens with zero attached hydrogens (tertiary/aromatic N) is 2. The van der Waals surface area contributed by atoms with Gasteiger partial charge in [0.25, 0.3) is 0 Å². The highest BCUT2D eigenvalue weighted by Gasteiger charge is 2.06. The average Bonchev–Trinajstić information content (AvgIpc) is 2.65. The van der Waals surface area contributed by atoms with Gasteiger partial charge in [0.15, 0.2) is 0 Å². The van der Waals surface area contributed by atoms with E-state index in [0.717, 1.165) is 11.1 Å². The van der Waals surface area contributed by atoms with Crippen molar-refractivity contribution < 1.29 is 4.39 Å². The molecule has 0 radical (unpaired) electrons. The van der Waals surface area contributed by atoms with Gasteiger partial charge in [-0.15, -0.1) is 0 Å². The van der Waals surface area contributed by atoms with Crippen molar-refractivity contribution in [3.05, 3.63) is 47.5 Å². The van der Waals surface area contributed by atoms with Crippen molar-refractivity contribution in [3.8, 4) is 5.69 Å². The van der Waals surface area contributed by atoms with Crippen LogP contribution in [-0.2, 0) is 6.54 Å². The Kier molecular flexibility index (Phi) is 2.51. The SMILES string of the molecule is Cc1cnn(-c2cc(CN)ccc2F)c1. The zero-order chi connectivity index (χ0) is 10.8. The first-order chi connectivity index (χ1) is 7.20. The van der Waals surface area contributed by atoms with Crippen molar-refractivity contribution >= 4 is 0 Å². The standard InChI is InChI=1S/C11H12FN3/c1-8-6-14-15(7-8)11-4-9(5-13)2-3-10(11)12/h2-4,6-7H,5,13H2,1H3. The van der Waals surface area contributed by atoms with Crippen LogP contribution in [0.25, 0.3) is 5.69 Å². The van der Waals surface area contributed by atoms with Crippen LogP contribution in [0.1, 0.15) is 11.1 Å². The van der Waals surface area contributed by atoms with Crippen LogP contribution in [-0.4, -0.2) is 9.78 Å². The average molecular weight is 205 g/mol. The summed E-state index contributed by atoms with van der Waals surface area (Å²) in [5, 5.41) is 4.06. The lowest BCUT2D eigenvalue weighted by Crippen LogP contribution is -2.02. The van der Waals surface area contributed by atoms with Crippen LogP contribution < -0.4 is 5.73 Å². The van der Waals surface area contributed by atoms with Crippen molar-refractivity contribution in [1.82, 2.24) is 9.78 Å². The summed E-state index contributed by atoms with van der Waals surface area (Å²) in [4.78, 5) is 0. The first-order valence-electron chi connectivity index (χ1n) is 4.71. The Morgan fingerprint density at radius 3 is 2.87 bits per heavy atom. The highest BCUT2D eigenvalue weighted by molar-refractivity contribution is 5.37. The molecular formula is C11H12FN3. The molecule has 1 aromatic carbocycles. The predicted octanol–water partition coefficient (Wildman–Crippen LogP) is 1.78. The molecule has 0 saturated heterocycles. The van der Waals surface area contributed by atoms with Crippen molar-refractivity contribution in [2.75, 3.05) is 0 Å². The van der Waals surface area contributed by atoms with Gasteiger partial charge in [-0.3, -0.25) is 0 Å². The van der Waals surface area contributed by atoms with Crippen molar-refractivity contribution in [2.45, 2.75) is 13.5 Å². The highest BCUT2D eigenvalue weighted by Crippen LogP contribution is 2.15. The molecule has 4 heteroatoms. The minimum Gasteiger partial charge on any atom is -0.326 e. The molecule has 2 aromatic rings. The van der Waals surface area contributed by atoms with Crippen molar-refractivity contribution in [3.63, 3.8) is 0 Å². The van der Waals surface area contributed by atoms with Crippen LogP contribution in [0.5, 0.6) is 0 Å². The minimum absolute atomic E-state index is 0.296. The number of nitrogens with two attached hydrogens (primary N) is 1. The summed E-state index contributed by atoms with van der Waals surface area (Å²) in [5.74, 6) is -0.296. The Morgan fingerprint density at radius 1 is 1.47 bits per heavy atom. The number of hydrogen-bond acceptors (Lipinski definition) is 2. The molecule has 1 aromatic heterocycles. The molecule has 0 saturated carbocycles. The Balaban J connectivity index is 2.51. The molecule has 2 N–H and O–H groups in total. The van der Waals surface area contributed by atoms with E-state index in [0.29, 0.717) is 12.2 Å². The van der Waals surface area contributed by atoms with Gasteiger partial charge in [0.05, 0.1) is 6.20 Å². The maximum absolute atomic E-state index is 13.5. The van der Waals surface area contributed by atoms with E-state index in [1.807, 2.05) is 6.92 Å². The van der Waals surface area contributed by atoms with Gasteiger partial charge in [-0.05, 0) is 30.2 Å². The second-order valence-corrected chi connectivity index (χ2v) is 3.45. The summed E-state index contributed by atoms with van der Waals surface area (Å²) in [6.45, 7) is 2.31. The maximum Gasteiger partial charge on any atom is 0.148 e. The predicted molar refractivity (Wildman–Crippen MR) is 56.2 cm³/mol. The molecule has 0 aliphatic heterocycles. The zero-order valence-electron chi connectivity index (χ0n) is 8.44. The van der Waals surface area contributed by atoms with Gasteiger partial charge >= 0.3 is 0 Å². The highest BCUT2D eigenvalue weighted by atomic mass is 19.1. The van der Waals surface area contributed by atoms with Crippen LogP contribution >= 0.6 is 0 Å². The van der Waals surface area contributed by atoms with Crippen LogP contribution in [0.3, 0.4) is 0 Å². The number of hydrogen-bond donors (Lipinski definition) is 1. The number of rotatable bonds is 2. The second-order valence-electron chi connectivity index (χ2n) is 3.45. The molecule has 78 valence electrons. The van der Waals surface area contributed by atoms with Crippen LogP contribution in [0.15, 0.2) is 30.6 Å². The van der Waals surface area contributed by atoms with Crippen LogP contribution in [0, 0.1) is 12.7 Å². The fourth-order valence-corrected chi connectivity index (χ4v) is 1.41. The number of aryl methyl sites for hydroxylation is 1. The van der Waals surface area contributed by atoms with Gasteiger partial charge in [-0.1, -0.05) is 6.07 Å². The molecule has 1 heterocycles. The topological polar surface area (TPSA) is 43.8 Å². The fourth-order valence-electron chi connectivity index (χ4n) is 1.41. The molecule has 0 amide bonds. The fraction of sp³-hybridized carbons (Fsp3) is 0.182. The lowest BCUT2D eigenvalue weighted by Gasteiger charge is -2.05. The summed E-state index contributed by atoms with van der Waals surface area (Å²) in [5.41, 5.74) is 7.82. The molecule has 0 fully saturated rings. The summed E-state index contributed by atoms with van der Waals surface area (Å²) in [6.07, 6.45) is 3.47. The first-order valence-corrected chi connectivity index (χ1v) is 4.71. The summed E-state index contributed by atoms with van der Waals surface area (Å²) >= 11 is 0. The molecule has 0 aliphatic carbocycles. The molecule has 0 unspecified atom stereocenters. The first kappa shape index (κ1) is 9.86. The van der Waals surface area contributed by atoms with E-state index >= 15 is 0 Å². The third-order valence-corrected chi connectivity index (χ3v) is 2.20. The van der Waals surface area contributed by atoms with E-state index in [-0.39, 0.29) is 5.82 Å². The molecule has 0 spiro atoms. The third kappa shape index (κ3) is 1.89. The monoisotopic (exact) mass is 205 g/mol. The van der Waals surface area contributed by atoms with E-state index in [2.05, 4.69) is 5.10 Å². The Labute approximate surface area is 87.3 Å². The number of benzene rings is 1. The lowest BCUT2D eigenvalue weighted by atomic mass is 10.2. The molecule has 0 atom stereocenters. The van der Waals surface area contributed by atoms with Gasteiger partial charge in [0, 0.05) is 12.7 Å². The lowest BCUT2D eigenvalue weighted by molar-refractivity contribution is 0.610. The largest absolute Gasteiger partial charge is 0.326 e. The van der Waals surface area contributed by atoms with E-state index in [4.69, 9.17) is 5.73 Å². The van der Waals surface area contributed by atoms with E-state index in [9.17, 15) is 4.39 Å². The van der Waals surface area contributed by atoms with Crippen LogP contribution in [0.2, 0.25) is 0 Å². The summed E-state index contributed by atoms with van der Waals surface area (Å²) in [6, 6.07) is 4.80. The molecule has 0 aliphatic rings. The molecule has 3 nitrogen and oxygen atoms in total. The quantitative estimate of drug-likeness (QED) is 0.812. The Hall–Kier alpha value is -1.68. The van der Waals surface area contributed by atoms with E-state index < -0.39 is 0 Å². The summed E-state index contributed by atoms with van der Waals surface area (Å²) < 4.78 is 15.0. The Morgan fingerprint density at radius 2 is 2.27 bits per heavy atom. The van der Waals surface area contributed by atoms with Crippen molar-refractivity contribution in [1.29, 1.82) is 0 Å². The Bertz CT molecular complexity index is 476. The summed E-state index contributed by atoms with van der Waals surface area (Å²) in [7, 11) is 0. The number of aromatic nitrogens is 2. The molecule has 0 bridgehead atoms. The molecule has 15 heavy (non-hydrogen) atoms. The third-order valence-electron chi connectivity index (χ3n) is 2.20. The second kappa shape index (κ2) is 3.82. The minimum atomic E-state index is -0.296. The smallest absolute Gasteiger partial charge is 0.148 e. The van der Waals surface area contributed by atoms with E-state index in [1.54, 1.807) is 24.5 Å². The van der Waals surface area contributed by atoms with Gasteiger partial charge in [0.1, 0.15) is 11.5 Å². The van der Waals surface area contributed by atoms with Crippen molar-refractivity contribution in [2.24, 2.45) is 5.73 Å². The van der Waals surface area contributed by atoms with Gasteiger partial charge in [-0.25, -0.2) is 9.07 Å². The normalized spacial score (nSPS) is 10.6. The van der Waals surface area contributed by atoms with Gasteiger partial charge < -0.3 is 5.73 Å². The van der Waals surface area contributed by atoms with E-state index in [1.165, 1.54) is 10.7 Å². The van der Waals surface area contributed by atoms with Gasteiger partial charge in [-0.2, -0.15) is 5.10 Å². The number of halogens is 1. The van der Waals surface area contributed by atoms with Crippen LogP contribution in [0.4, 0.5) is 4.39 Å². The molecule has 2 rings (SSSR count). The zero-order valence-corrected chi connectivity index (χ0v) is 8.44. The van der Waals surface area contributed by atoms with Gasteiger partial charge in [0.2, 0.25) is 0 Å². The maximum atomic E-state index is 13.5.